The van der Waals surface area contributed by atoms with Crippen molar-refractivity contribution in [1.29, 1.82) is 0 Å². The van der Waals surface area contributed by atoms with Crippen LogP contribution in [0.3, 0.4) is 0 Å². The summed E-state index contributed by atoms with van der Waals surface area (Å²) < 4.78 is 12.6. The van der Waals surface area contributed by atoms with E-state index in [0.717, 1.165) is 39.2 Å². The van der Waals surface area contributed by atoms with E-state index in [2.05, 4.69) is 38.5 Å². The first-order chi connectivity index (χ1) is 13.6. The second-order valence-corrected chi connectivity index (χ2v) is 8.91. The summed E-state index contributed by atoms with van der Waals surface area (Å²) in [5.41, 5.74) is 3.16. The van der Waals surface area contributed by atoms with E-state index in [1.165, 1.54) is 4.88 Å². The maximum Gasteiger partial charge on any atom is 0.213 e. The molecule has 0 unspecified atom stereocenters. The summed E-state index contributed by atoms with van der Waals surface area (Å²) in [6.07, 6.45) is 0.503. The molecule has 28 heavy (non-hydrogen) atoms. The van der Waals surface area contributed by atoms with Crippen LogP contribution in [0.4, 0.5) is 0 Å². The van der Waals surface area contributed by atoms with E-state index in [-0.39, 0.29) is 12.3 Å². The number of hydrogen-bond acceptors (Lipinski definition) is 5. The summed E-state index contributed by atoms with van der Waals surface area (Å²) in [6, 6.07) is 16.0. The zero-order chi connectivity index (χ0) is 19.3. The number of methoxy groups -OCH3 is 1. The third kappa shape index (κ3) is 3.00. The molecule has 5 rings (SSSR count). The molecule has 1 aromatic heterocycles. The summed E-state index contributed by atoms with van der Waals surface area (Å²) in [5.74, 6) is 1.64. The highest BCUT2D eigenvalue weighted by Crippen LogP contribution is 2.48. The lowest BCUT2D eigenvalue weighted by Crippen LogP contribution is -2.33. The third-order valence-corrected chi connectivity index (χ3v) is 6.79. The molecule has 0 saturated carbocycles. The Balaban J connectivity index is 1.60. The van der Waals surface area contributed by atoms with Crippen LogP contribution in [-0.2, 0) is 0 Å². The van der Waals surface area contributed by atoms with Crippen LogP contribution in [0.2, 0.25) is 5.02 Å². The predicted molar refractivity (Wildman–Crippen MR) is 116 cm³/mol. The molecule has 2 aromatic carbocycles. The minimum atomic E-state index is -0.321. The van der Waals surface area contributed by atoms with Crippen molar-refractivity contribution in [2.24, 2.45) is 5.10 Å². The molecule has 3 aromatic rings. The first-order valence-electron chi connectivity index (χ1n) is 8.83. The van der Waals surface area contributed by atoms with Gasteiger partial charge in [-0.2, -0.15) is 5.10 Å². The maximum atomic E-state index is 6.38. The van der Waals surface area contributed by atoms with E-state index >= 15 is 0 Å². The molecule has 0 N–H and O–H groups in total. The Labute approximate surface area is 180 Å². The van der Waals surface area contributed by atoms with E-state index in [1.54, 1.807) is 18.4 Å². The number of ether oxygens (including phenoxy) is 2. The lowest BCUT2D eigenvalue weighted by molar-refractivity contribution is -0.0190. The van der Waals surface area contributed by atoms with Gasteiger partial charge >= 0.3 is 0 Å². The number of hydrogen-bond donors (Lipinski definition) is 0. The minimum absolute atomic E-state index is 0.0884. The topological polar surface area (TPSA) is 34.1 Å². The fourth-order valence-corrected chi connectivity index (χ4v) is 5.17. The monoisotopic (exact) mass is 474 g/mol. The molecule has 2 aliphatic heterocycles. The molecule has 0 saturated heterocycles. The summed E-state index contributed by atoms with van der Waals surface area (Å²) in [7, 11) is 1.66. The highest BCUT2D eigenvalue weighted by molar-refractivity contribution is 9.10. The van der Waals surface area contributed by atoms with Crippen LogP contribution in [0.25, 0.3) is 0 Å². The van der Waals surface area contributed by atoms with Gasteiger partial charge in [0.05, 0.1) is 28.2 Å². The van der Waals surface area contributed by atoms with E-state index in [0.29, 0.717) is 5.02 Å². The van der Waals surface area contributed by atoms with Crippen molar-refractivity contribution in [2.75, 3.05) is 7.11 Å². The van der Waals surface area contributed by atoms with E-state index < -0.39 is 0 Å². The van der Waals surface area contributed by atoms with Crippen LogP contribution < -0.4 is 9.47 Å². The number of nitrogens with zero attached hydrogens (tertiary/aromatic N) is 2. The molecule has 0 radical (unpaired) electrons. The number of rotatable bonds is 3. The molecule has 2 atom stereocenters. The fraction of sp³-hybridized carbons (Fsp3) is 0.190. The molecular formula is C21H16BrClN2O2S. The van der Waals surface area contributed by atoms with Crippen LogP contribution in [0.15, 0.2) is 63.5 Å². The van der Waals surface area contributed by atoms with Gasteiger partial charge in [0.15, 0.2) is 0 Å². The maximum absolute atomic E-state index is 6.38. The van der Waals surface area contributed by atoms with Crippen molar-refractivity contribution in [2.45, 2.75) is 18.7 Å². The molecule has 2 aliphatic rings. The van der Waals surface area contributed by atoms with Gasteiger partial charge in [0, 0.05) is 22.6 Å². The van der Waals surface area contributed by atoms with Gasteiger partial charge in [-0.15, -0.1) is 11.3 Å². The van der Waals surface area contributed by atoms with Crippen LogP contribution in [0.5, 0.6) is 11.5 Å². The highest BCUT2D eigenvalue weighted by atomic mass is 79.9. The zero-order valence-corrected chi connectivity index (χ0v) is 18.1. The molecule has 0 bridgehead atoms. The molecule has 0 spiro atoms. The minimum Gasteiger partial charge on any atom is -0.496 e. The number of benzene rings is 2. The Bertz CT molecular complexity index is 1070. The highest BCUT2D eigenvalue weighted by Gasteiger charge is 2.41. The van der Waals surface area contributed by atoms with Gasteiger partial charge in [0.1, 0.15) is 11.5 Å². The Morgan fingerprint density at radius 2 is 2.14 bits per heavy atom. The third-order valence-electron chi connectivity index (χ3n) is 5.02. The van der Waals surface area contributed by atoms with Gasteiger partial charge in [-0.05, 0) is 63.8 Å². The van der Waals surface area contributed by atoms with Crippen molar-refractivity contribution >= 4 is 44.6 Å². The lowest BCUT2D eigenvalue weighted by Gasteiger charge is -2.38. The van der Waals surface area contributed by atoms with E-state index in [1.807, 2.05) is 36.4 Å². The van der Waals surface area contributed by atoms with Gasteiger partial charge in [-0.25, -0.2) is 5.01 Å². The molecular weight excluding hydrogens is 460 g/mol. The smallest absolute Gasteiger partial charge is 0.213 e. The SMILES string of the molecule is COc1ccc([C@H]2Oc3ccc(Cl)cc3[C@@H]3CC(c4cccs4)=NN23)cc1Br. The number of thiophene rings is 1. The predicted octanol–water partition coefficient (Wildman–Crippen LogP) is 6.41. The largest absolute Gasteiger partial charge is 0.496 e. The average molecular weight is 476 g/mol. The summed E-state index contributed by atoms with van der Waals surface area (Å²) in [4.78, 5) is 1.19. The van der Waals surface area contributed by atoms with Gasteiger partial charge in [-0.1, -0.05) is 17.7 Å². The Kier molecular flexibility index (Phi) is 4.57. The normalized spacial score (nSPS) is 20.2. The fourth-order valence-electron chi connectivity index (χ4n) is 3.71. The van der Waals surface area contributed by atoms with Crippen molar-refractivity contribution in [3.05, 3.63) is 79.4 Å². The molecule has 3 heterocycles. The van der Waals surface area contributed by atoms with E-state index in [4.69, 9.17) is 26.2 Å². The van der Waals surface area contributed by atoms with Gasteiger partial charge < -0.3 is 9.47 Å². The molecule has 0 fully saturated rings. The second-order valence-electron chi connectivity index (χ2n) is 6.67. The van der Waals surface area contributed by atoms with Crippen LogP contribution >= 0.6 is 38.9 Å². The van der Waals surface area contributed by atoms with Gasteiger partial charge in [0.2, 0.25) is 6.23 Å². The standard InChI is InChI=1S/C21H16BrClN2O2S/c1-26-19-6-4-12(9-15(19)22)21-25-17(11-16(24-25)20-3-2-8-28-20)14-10-13(23)5-7-18(14)27-21/h2-10,17,21H,11H2,1H3/t17-,21+/m0/s1. The summed E-state index contributed by atoms with van der Waals surface area (Å²) in [6.45, 7) is 0. The lowest BCUT2D eigenvalue weighted by atomic mass is 9.97. The first kappa shape index (κ1) is 18.0. The van der Waals surface area contributed by atoms with Crippen LogP contribution in [0, 0.1) is 0 Å². The second kappa shape index (κ2) is 7.10. The van der Waals surface area contributed by atoms with Gasteiger partial charge in [-0.3, -0.25) is 0 Å². The summed E-state index contributed by atoms with van der Waals surface area (Å²) in [5, 5.41) is 9.80. The molecule has 142 valence electrons. The van der Waals surface area contributed by atoms with Crippen molar-refractivity contribution < 1.29 is 9.47 Å². The van der Waals surface area contributed by atoms with Crippen molar-refractivity contribution in [1.82, 2.24) is 5.01 Å². The van der Waals surface area contributed by atoms with Gasteiger partial charge in [0.25, 0.3) is 0 Å². The van der Waals surface area contributed by atoms with E-state index in [9.17, 15) is 0 Å². The quantitative estimate of drug-likeness (QED) is 0.438. The van der Waals surface area contributed by atoms with Crippen LogP contribution in [0.1, 0.15) is 34.7 Å². The average Bonchev–Trinajstić information content (AvgIpc) is 3.37. The molecule has 0 amide bonds. The van der Waals surface area contributed by atoms with Crippen LogP contribution in [-0.4, -0.2) is 17.8 Å². The Morgan fingerprint density at radius 1 is 1.25 bits per heavy atom. The van der Waals surface area contributed by atoms with Crippen molar-refractivity contribution in [3.8, 4) is 11.5 Å². The van der Waals surface area contributed by atoms with Crippen molar-refractivity contribution in [3.63, 3.8) is 0 Å². The summed E-state index contributed by atoms with van der Waals surface area (Å²) >= 11 is 11.6. The molecule has 0 aliphatic carbocycles. The number of halogens is 2. The number of fused-ring (bicyclic) bond motifs is 3. The Hall–Kier alpha value is -2.02. The Morgan fingerprint density at radius 3 is 2.89 bits per heavy atom. The number of hydrazone groups is 1. The zero-order valence-electron chi connectivity index (χ0n) is 14.9. The molecule has 7 heteroatoms. The molecule has 4 nitrogen and oxygen atoms in total. The first-order valence-corrected chi connectivity index (χ1v) is 10.9.